The molecular formula is C21H34N2O4S. The SMILES string of the molecule is COc1ccc(S(=O)(=O)N2CCC[C@H](C(=O)NC(C)(C)CC(C)(C)C)C2)cc1. The highest BCUT2D eigenvalue weighted by Crippen LogP contribution is 2.29. The number of amides is 1. The van der Waals surface area contributed by atoms with Crippen LogP contribution >= 0.6 is 0 Å². The molecule has 0 aliphatic carbocycles. The first-order valence-electron chi connectivity index (χ1n) is 9.80. The van der Waals surface area contributed by atoms with Crippen molar-refractivity contribution in [2.45, 2.75) is 64.3 Å². The predicted molar refractivity (Wildman–Crippen MR) is 111 cm³/mol. The van der Waals surface area contributed by atoms with Gasteiger partial charge in [0.2, 0.25) is 15.9 Å². The molecule has 0 saturated carbocycles. The summed E-state index contributed by atoms with van der Waals surface area (Å²) in [6.45, 7) is 11.1. The molecule has 2 rings (SSSR count). The molecule has 0 unspecified atom stereocenters. The van der Waals surface area contributed by atoms with Crippen molar-refractivity contribution in [1.82, 2.24) is 9.62 Å². The minimum absolute atomic E-state index is 0.0659. The van der Waals surface area contributed by atoms with Gasteiger partial charge in [-0.3, -0.25) is 4.79 Å². The minimum atomic E-state index is -3.63. The van der Waals surface area contributed by atoms with E-state index in [4.69, 9.17) is 4.74 Å². The van der Waals surface area contributed by atoms with Gasteiger partial charge in [-0.15, -0.1) is 0 Å². The van der Waals surface area contributed by atoms with E-state index in [2.05, 4.69) is 26.1 Å². The third-order valence-electron chi connectivity index (χ3n) is 4.89. The minimum Gasteiger partial charge on any atom is -0.497 e. The van der Waals surface area contributed by atoms with Gasteiger partial charge in [0.1, 0.15) is 5.75 Å². The van der Waals surface area contributed by atoms with E-state index in [0.29, 0.717) is 25.1 Å². The zero-order chi connectivity index (χ0) is 21.2. The topological polar surface area (TPSA) is 75.7 Å². The second kappa shape index (κ2) is 8.41. The smallest absolute Gasteiger partial charge is 0.243 e. The highest BCUT2D eigenvalue weighted by molar-refractivity contribution is 7.89. The molecule has 1 aromatic rings. The molecule has 1 N–H and O–H groups in total. The summed E-state index contributed by atoms with van der Waals surface area (Å²) in [6, 6.07) is 6.36. The number of sulfonamides is 1. The molecule has 1 aliphatic rings. The van der Waals surface area contributed by atoms with Gasteiger partial charge < -0.3 is 10.1 Å². The number of hydrogen-bond donors (Lipinski definition) is 1. The summed E-state index contributed by atoms with van der Waals surface area (Å²) in [6.07, 6.45) is 2.21. The number of benzene rings is 1. The van der Waals surface area contributed by atoms with Crippen LogP contribution in [0.25, 0.3) is 0 Å². The molecule has 1 aromatic carbocycles. The molecule has 1 saturated heterocycles. The number of piperidine rings is 1. The number of nitrogens with zero attached hydrogens (tertiary/aromatic N) is 1. The molecule has 7 heteroatoms. The molecule has 1 fully saturated rings. The molecule has 1 amide bonds. The lowest BCUT2D eigenvalue weighted by atomic mass is 9.81. The van der Waals surface area contributed by atoms with Gasteiger partial charge in [0.15, 0.2) is 0 Å². The van der Waals surface area contributed by atoms with Crippen molar-refractivity contribution in [3.05, 3.63) is 24.3 Å². The zero-order valence-corrected chi connectivity index (χ0v) is 18.7. The maximum absolute atomic E-state index is 13.0. The number of methoxy groups -OCH3 is 1. The van der Waals surface area contributed by atoms with Crippen molar-refractivity contribution < 1.29 is 17.9 Å². The summed E-state index contributed by atoms with van der Waals surface area (Å²) in [5.41, 5.74) is -0.250. The number of nitrogens with one attached hydrogen (secondary N) is 1. The standard InChI is InChI=1S/C21H34N2O4S/c1-20(2,3)15-21(4,5)22-19(24)16-8-7-13-23(14-16)28(25,26)18-11-9-17(27-6)10-12-18/h9-12,16H,7-8,13-15H2,1-6H3,(H,22,24)/t16-/m0/s1. The molecule has 0 radical (unpaired) electrons. The van der Waals surface area contributed by atoms with E-state index in [9.17, 15) is 13.2 Å². The van der Waals surface area contributed by atoms with Crippen LogP contribution in [-0.4, -0.2) is 44.4 Å². The number of hydrogen-bond acceptors (Lipinski definition) is 4. The van der Waals surface area contributed by atoms with Crippen LogP contribution in [0.1, 0.15) is 53.9 Å². The summed E-state index contributed by atoms with van der Waals surface area (Å²) in [7, 11) is -2.09. The van der Waals surface area contributed by atoms with Gasteiger partial charge in [0.05, 0.1) is 17.9 Å². The van der Waals surface area contributed by atoms with Crippen molar-refractivity contribution >= 4 is 15.9 Å². The van der Waals surface area contributed by atoms with Gasteiger partial charge >= 0.3 is 0 Å². The van der Waals surface area contributed by atoms with Gasteiger partial charge in [0, 0.05) is 18.6 Å². The van der Waals surface area contributed by atoms with Crippen LogP contribution in [0, 0.1) is 11.3 Å². The van der Waals surface area contributed by atoms with Gasteiger partial charge in [0.25, 0.3) is 0 Å². The molecular weight excluding hydrogens is 376 g/mol. The maximum Gasteiger partial charge on any atom is 0.243 e. The van der Waals surface area contributed by atoms with Crippen LogP contribution in [0.5, 0.6) is 5.75 Å². The largest absolute Gasteiger partial charge is 0.497 e. The lowest BCUT2D eigenvalue weighted by Gasteiger charge is -2.36. The van der Waals surface area contributed by atoms with Crippen LogP contribution in [0.3, 0.4) is 0 Å². The van der Waals surface area contributed by atoms with Crippen LogP contribution in [0.4, 0.5) is 0 Å². The fourth-order valence-electron chi connectivity index (χ4n) is 4.08. The Balaban J connectivity index is 2.09. The highest BCUT2D eigenvalue weighted by Gasteiger charge is 2.35. The first-order chi connectivity index (χ1) is 12.8. The Hall–Kier alpha value is -1.60. The van der Waals surface area contributed by atoms with E-state index in [-0.39, 0.29) is 34.2 Å². The van der Waals surface area contributed by atoms with E-state index in [0.717, 1.165) is 6.42 Å². The van der Waals surface area contributed by atoms with Gasteiger partial charge in [-0.2, -0.15) is 4.31 Å². The van der Waals surface area contributed by atoms with Crippen molar-refractivity contribution in [2.75, 3.05) is 20.2 Å². The third-order valence-corrected chi connectivity index (χ3v) is 6.77. The monoisotopic (exact) mass is 410 g/mol. The lowest BCUT2D eigenvalue weighted by molar-refractivity contribution is -0.128. The van der Waals surface area contributed by atoms with Crippen molar-refractivity contribution in [2.24, 2.45) is 11.3 Å². The summed E-state index contributed by atoms with van der Waals surface area (Å²) in [5.74, 6) is 0.209. The van der Waals surface area contributed by atoms with E-state index >= 15 is 0 Å². The molecule has 28 heavy (non-hydrogen) atoms. The number of rotatable bonds is 6. The van der Waals surface area contributed by atoms with Crippen LogP contribution in [0.15, 0.2) is 29.2 Å². The Labute approximate surface area is 169 Å². The van der Waals surface area contributed by atoms with Crippen molar-refractivity contribution in [1.29, 1.82) is 0 Å². The van der Waals surface area contributed by atoms with E-state index in [1.54, 1.807) is 31.4 Å². The Morgan fingerprint density at radius 2 is 1.79 bits per heavy atom. The molecule has 158 valence electrons. The summed E-state index contributed by atoms with van der Waals surface area (Å²) < 4.78 is 32.5. The van der Waals surface area contributed by atoms with Crippen LogP contribution in [0.2, 0.25) is 0 Å². The molecule has 1 atom stereocenters. The number of ether oxygens (including phenoxy) is 1. The predicted octanol–water partition coefficient (Wildman–Crippen LogP) is 3.43. The molecule has 0 spiro atoms. The quantitative estimate of drug-likeness (QED) is 0.780. The summed E-state index contributed by atoms with van der Waals surface area (Å²) in [4.78, 5) is 13.1. The normalized spacial score (nSPS) is 19.3. The van der Waals surface area contributed by atoms with Crippen LogP contribution < -0.4 is 10.1 Å². The Morgan fingerprint density at radius 3 is 2.32 bits per heavy atom. The average molecular weight is 411 g/mol. The van der Waals surface area contributed by atoms with Gasteiger partial charge in [-0.25, -0.2) is 8.42 Å². The first kappa shape index (κ1) is 22.7. The fraction of sp³-hybridized carbons (Fsp3) is 0.667. The van der Waals surface area contributed by atoms with Crippen LogP contribution in [-0.2, 0) is 14.8 Å². The molecule has 6 nitrogen and oxygen atoms in total. The van der Waals surface area contributed by atoms with E-state index in [1.807, 2.05) is 13.8 Å². The molecule has 0 aromatic heterocycles. The van der Waals surface area contributed by atoms with Crippen molar-refractivity contribution in [3.63, 3.8) is 0 Å². The second-order valence-electron chi connectivity index (χ2n) is 9.49. The summed E-state index contributed by atoms with van der Waals surface area (Å²) >= 11 is 0. The molecule has 1 aliphatic heterocycles. The van der Waals surface area contributed by atoms with Crippen molar-refractivity contribution in [3.8, 4) is 5.75 Å². The van der Waals surface area contributed by atoms with E-state index < -0.39 is 10.0 Å². The highest BCUT2D eigenvalue weighted by atomic mass is 32.2. The average Bonchev–Trinajstić information content (AvgIpc) is 2.59. The Kier molecular flexibility index (Phi) is 6.82. The summed E-state index contributed by atoms with van der Waals surface area (Å²) in [5, 5.41) is 3.13. The Bertz CT molecular complexity index is 780. The first-order valence-corrected chi connectivity index (χ1v) is 11.2. The molecule has 0 bridgehead atoms. The fourth-order valence-corrected chi connectivity index (χ4v) is 5.60. The second-order valence-corrected chi connectivity index (χ2v) is 11.4. The third kappa shape index (κ3) is 5.95. The number of carbonyl (C=O) groups excluding carboxylic acids is 1. The zero-order valence-electron chi connectivity index (χ0n) is 17.9. The Morgan fingerprint density at radius 1 is 1.18 bits per heavy atom. The van der Waals surface area contributed by atoms with Gasteiger partial charge in [-0.05, 0) is 62.8 Å². The maximum atomic E-state index is 13.0. The van der Waals surface area contributed by atoms with Gasteiger partial charge in [-0.1, -0.05) is 20.8 Å². The lowest BCUT2D eigenvalue weighted by Crippen LogP contribution is -2.51. The molecule has 1 heterocycles. The number of carbonyl (C=O) groups is 1. The van der Waals surface area contributed by atoms with E-state index in [1.165, 1.54) is 4.31 Å².